The second-order valence-corrected chi connectivity index (χ2v) is 7.44. The standard InChI is InChI=1S/C20H29N3O5.ClH/c1-21(13-19(24)25)14-4-7-22(8-5-14)18-6-9-23(20(18)26)15-10-16(27-2)12-17(11-15)28-3;/h10-12,14,18H,4-9,13H2,1-3H3,(H,24,25);1H. The summed E-state index contributed by atoms with van der Waals surface area (Å²) >= 11 is 0. The van der Waals surface area contributed by atoms with E-state index in [2.05, 4.69) is 4.90 Å². The quantitative estimate of drug-likeness (QED) is 0.709. The number of amides is 1. The Morgan fingerprint density at radius 1 is 1.10 bits per heavy atom. The van der Waals surface area contributed by atoms with Gasteiger partial charge in [0.2, 0.25) is 5.91 Å². The number of ether oxygens (including phenoxy) is 2. The maximum atomic E-state index is 13.1. The van der Waals surface area contributed by atoms with Crippen molar-refractivity contribution < 1.29 is 24.2 Å². The van der Waals surface area contributed by atoms with Crippen LogP contribution in [0.15, 0.2) is 18.2 Å². The van der Waals surface area contributed by atoms with Crippen molar-refractivity contribution in [2.24, 2.45) is 0 Å². The van der Waals surface area contributed by atoms with E-state index in [1.165, 1.54) is 0 Å². The molecule has 9 heteroatoms. The number of carbonyl (C=O) groups is 2. The van der Waals surface area contributed by atoms with Gasteiger partial charge in [-0.25, -0.2) is 0 Å². The van der Waals surface area contributed by atoms with Gasteiger partial charge in [-0.3, -0.25) is 19.4 Å². The number of carbonyl (C=O) groups excluding carboxylic acids is 1. The molecule has 2 saturated heterocycles. The van der Waals surface area contributed by atoms with Gasteiger partial charge in [0.05, 0.1) is 32.5 Å². The third-order valence-corrected chi connectivity index (χ3v) is 5.77. The Hall–Kier alpha value is -2.03. The number of rotatable bonds is 7. The molecular formula is C20H30ClN3O5. The number of likely N-dealkylation sites (tertiary alicyclic amines) is 1. The van der Waals surface area contributed by atoms with Crippen molar-refractivity contribution in [3.05, 3.63) is 18.2 Å². The highest BCUT2D eigenvalue weighted by Crippen LogP contribution is 2.32. The first-order valence-corrected chi connectivity index (χ1v) is 9.63. The Bertz CT molecular complexity index is 702. The fourth-order valence-electron chi connectivity index (χ4n) is 4.19. The molecule has 0 aromatic heterocycles. The van der Waals surface area contributed by atoms with E-state index in [0.29, 0.717) is 18.0 Å². The van der Waals surface area contributed by atoms with Crippen molar-refractivity contribution in [2.45, 2.75) is 31.3 Å². The summed E-state index contributed by atoms with van der Waals surface area (Å²) in [5, 5.41) is 8.97. The highest BCUT2D eigenvalue weighted by Gasteiger charge is 2.38. The zero-order valence-corrected chi connectivity index (χ0v) is 18.0. The normalized spacial score (nSPS) is 20.6. The lowest BCUT2D eigenvalue weighted by molar-refractivity contribution is -0.138. The number of anilines is 1. The fraction of sp³-hybridized carbons (Fsp3) is 0.600. The predicted molar refractivity (Wildman–Crippen MR) is 112 cm³/mol. The third-order valence-electron chi connectivity index (χ3n) is 5.77. The van der Waals surface area contributed by atoms with Gasteiger partial charge in [0, 0.05) is 43.9 Å². The highest BCUT2D eigenvalue weighted by molar-refractivity contribution is 5.99. The molecule has 1 atom stereocenters. The van der Waals surface area contributed by atoms with E-state index in [0.717, 1.165) is 38.0 Å². The lowest BCUT2D eigenvalue weighted by Crippen LogP contribution is -2.50. The van der Waals surface area contributed by atoms with Gasteiger partial charge in [-0.15, -0.1) is 12.4 Å². The number of carboxylic acid groups (broad SMARTS) is 1. The van der Waals surface area contributed by atoms with Crippen molar-refractivity contribution in [3.8, 4) is 11.5 Å². The molecule has 1 aromatic carbocycles. The second kappa shape index (κ2) is 10.1. The number of carboxylic acids is 1. The molecule has 1 amide bonds. The molecule has 29 heavy (non-hydrogen) atoms. The van der Waals surface area contributed by atoms with Gasteiger partial charge < -0.3 is 19.5 Å². The third kappa shape index (κ3) is 5.32. The van der Waals surface area contributed by atoms with Crippen LogP contribution in [0.3, 0.4) is 0 Å². The van der Waals surface area contributed by atoms with Crippen LogP contribution in [0.2, 0.25) is 0 Å². The van der Waals surface area contributed by atoms with Crippen molar-refractivity contribution in [1.82, 2.24) is 9.80 Å². The van der Waals surface area contributed by atoms with E-state index in [1.54, 1.807) is 25.2 Å². The molecule has 0 radical (unpaired) electrons. The van der Waals surface area contributed by atoms with Gasteiger partial charge in [-0.2, -0.15) is 0 Å². The van der Waals surface area contributed by atoms with Crippen LogP contribution in [0.25, 0.3) is 0 Å². The molecule has 1 aromatic rings. The van der Waals surface area contributed by atoms with E-state index in [-0.39, 0.29) is 36.9 Å². The van der Waals surface area contributed by atoms with E-state index in [4.69, 9.17) is 14.6 Å². The number of hydrogen-bond acceptors (Lipinski definition) is 6. The van der Waals surface area contributed by atoms with Gasteiger partial charge in [0.1, 0.15) is 11.5 Å². The number of nitrogens with zero attached hydrogens (tertiary/aromatic N) is 3. The van der Waals surface area contributed by atoms with Crippen LogP contribution in [-0.4, -0.2) is 86.3 Å². The molecule has 162 valence electrons. The maximum absolute atomic E-state index is 13.1. The predicted octanol–water partition coefficient (Wildman–Crippen LogP) is 1.71. The van der Waals surface area contributed by atoms with Gasteiger partial charge in [0.15, 0.2) is 0 Å². The monoisotopic (exact) mass is 427 g/mol. The van der Waals surface area contributed by atoms with Crippen LogP contribution in [0.4, 0.5) is 5.69 Å². The number of halogens is 1. The van der Waals surface area contributed by atoms with Gasteiger partial charge in [0.25, 0.3) is 0 Å². The fourth-order valence-corrected chi connectivity index (χ4v) is 4.19. The summed E-state index contributed by atoms with van der Waals surface area (Å²) in [6.07, 6.45) is 2.54. The average molecular weight is 428 g/mol. The van der Waals surface area contributed by atoms with E-state index < -0.39 is 5.97 Å². The number of benzene rings is 1. The SMILES string of the molecule is COc1cc(OC)cc(N2CCC(N3CCC(N(C)CC(=O)O)CC3)C2=O)c1.Cl. The molecule has 0 saturated carbocycles. The van der Waals surface area contributed by atoms with Crippen LogP contribution in [0, 0.1) is 0 Å². The summed E-state index contributed by atoms with van der Waals surface area (Å²) in [5.41, 5.74) is 0.791. The Kier molecular flexibility index (Phi) is 8.13. The lowest BCUT2D eigenvalue weighted by Gasteiger charge is -2.38. The number of methoxy groups -OCH3 is 2. The summed E-state index contributed by atoms with van der Waals surface area (Å²) < 4.78 is 10.6. The first-order chi connectivity index (χ1) is 13.4. The van der Waals surface area contributed by atoms with E-state index >= 15 is 0 Å². The molecule has 3 rings (SSSR count). The minimum atomic E-state index is -0.805. The first kappa shape index (κ1) is 23.3. The first-order valence-electron chi connectivity index (χ1n) is 9.63. The molecule has 2 aliphatic heterocycles. The smallest absolute Gasteiger partial charge is 0.317 e. The van der Waals surface area contributed by atoms with Crippen molar-refractivity contribution >= 4 is 30.0 Å². The van der Waals surface area contributed by atoms with E-state index in [1.807, 2.05) is 24.1 Å². The average Bonchev–Trinajstić information content (AvgIpc) is 3.08. The highest BCUT2D eigenvalue weighted by atomic mass is 35.5. The summed E-state index contributed by atoms with van der Waals surface area (Å²) in [7, 11) is 5.05. The van der Waals surface area contributed by atoms with E-state index in [9.17, 15) is 9.59 Å². The molecule has 0 bridgehead atoms. The molecule has 0 spiro atoms. The minimum Gasteiger partial charge on any atom is -0.497 e. The van der Waals surface area contributed by atoms with Crippen LogP contribution < -0.4 is 14.4 Å². The van der Waals surface area contributed by atoms with Crippen molar-refractivity contribution in [3.63, 3.8) is 0 Å². The van der Waals surface area contributed by atoms with Crippen LogP contribution in [-0.2, 0) is 9.59 Å². The lowest BCUT2D eigenvalue weighted by atomic mass is 10.0. The Morgan fingerprint density at radius 2 is 1.69 bits per heavy atom. The summed E-state index contributed by atoms with van der Waals surface area (Å²) in [6, 6.07) is 5.64. The molecule has 2 fully saturated rings. The summed E-state index contributed by atoms with van der Waals surface area (Å²) in [4.78, 5) is 29.9. The Morgan fingerprint density at radius 3 is 2.21 bits per heavy atom. The molecule has 1 N–H and O–H groups in total. The van der Waals surface area contributed by atoms with Crippen LogP contribution >= 0.6 is 12.4 Å². The number of aliphatic carboxylic acids is 1. The Balaban J connectivity index is 0.00000300. The van der Waals surface area contributed by atoms with Crippen LogP contribution in [0.5, 0.6) is 11.5 Å². The van der Waals surface area contributed by atoms with Crippen molar-refractivity contribution in [2.75, 3.05) is 52.3 Å². The maximum Gasteiger partial charge on any atom is 0.317 e. The molecule has 2 aliphatic rings. The summed E-state index contributed by atoms with van der Waals surface area (Å²) in [6.45, 7) is 2.33. The Labute approximate surface area is 177 Å². The van der Waals surface area contributed by atoms with Crippen molar-refractivity contribution in [1.29, 1.82) is 0 Å². The topological polar surface area (TPSA) is 82.6 Å². The molecule has 2 heterocycles. The molecule has 8 nitrogen and oxygen atoms in total. The zero-order valence-electron chi connectivity index (χ0n) is 17.2. The van der Waals surface area contributed by atoms with Gasteiger partial charge in [-0.05, 0) is 26.3 Å². The minimum absolute atomic E-state index is 0. The number of piperidine rings is 1. The molecular weight excluding hydrogens is 398 g/mol. The second-order valence-electron chi connectivity index (χ2n) is 7.44. The van der Waals surface area contributed by atoms with Crippen LogP contribution in [0.1, 0.15) is 19.3 Å². The largest absolute Gasteiger partial charge is 0.497 e. The van der Waals surface area contributed by atoms with Gasteiger partial charge in [-0.1, -0.05) is 0 Å². The van der Waals surface area contributed by atoms with Gasteiger partial charge >= 0.3 is 5.97 Å². The summed E-state index contributed by atoms with van der Waals surface area (Å²) in [5.74, 6) is 0.619. The number of likely N-dealkylation sites (N-methyl/N-ethyl adjacent to an activating group) is 1. The molecule has 0 aliphatic carbocycles. The number of hydrogen-bond donors (Lipinski definition) is 1. The zero-order chi connectivity index (χ0) is 20.3. The molecule has 1 unspecified atom stereocenters.